The highest BCUT2D eigenvalue weighted by Gasteiger charge is 2.45. The van der Waals surface area contributed by atoms with E-state index in [2.05, 4.69) is 26.4 Å². The number of carbonyl (C=O) groups is 2. The maximum atomic E-state index is 13.8. The summed E-state index contributed by atoms with van der Waals surface area (Å²) in [4.78, 5) is 32.1. The zero-order valence-corrected chi connectivity index (χ0v) is 22.8. The second-order valence-electron chi connectivity index (χ2n) is 9.39. The molecule has 1 saturated heterocycles. The van der Waals surface area contributed by atoms with Gasteiger partial charge in [-0.2, -0.15) is 26.3 Å². The number of benzene rings is 1. The number of aromatic nitrogens is 3. The number of thiazole rings is 1. The second kappa shape index (κ2) is 13.2. The highest BCUT2D eigenvalue weighted by atomic mass is 32.1. The van der Waals surface area contributed by atoms with E-state index in [-0.39, 0.29) is 11.4 Å². The van der Waals surface area contributed by atoms with E-state index in [0.717, 1.165) is 62.6 Å². The Balaban J connectivity index is 0.000000289. The average molecular weight is 626 g/mol. The third kappa shape index (κ3) is 8.04. The number of halogens is 7. The Hall–Kier alpha value is -3.57. The normalized spacial score (nSPS) is 17.0. The molecule has 42 heavy (non-hydrogen) atoms. The number of aliphatic carboxylic acids is 2. The quantitative estimate of drug-likeness (QED) is 0.398. The number of carboxylic acid groups (broad SMARTS) is 2. The van der Waals surface area contributed by atoms with Crippen LogP contribution < -0.4 is 0 Å². The minimum Gasteiger partial charge on any atom is -0.475 e. The minimum absolute atomic E-state index is 0.0385. The zero-order chi connectivity index (χ0) is 31.3. The van der Waals surface area contributed by atoms with Gasteiger partial charge in [-0.15, -0.1) is 11.3 Å². The Morgan fingerprint density at radius 2 is 1.57 bits per heavy atom. The lowest BCUT2D eigenvalue weighted by atomic mass is 9.83. The van der Waals surface area contributed by atoms with Crippen molar-refractivity contribution in [3.05, 3.63) is 58.7 Å². The van der Waals surface area contributed by atoms with Gasteiger partial charge in [0.05, 0.1) is 24.0 Å². The van der Waals surface area contributed by atoms with Crippen LogP contribution in [-0.4, -0.2) is 85.5 Å². The fourth-order valence-corrected chi connectivity index (χ4v) is 5.35. The van der Waals surface area contributed by atoms with Crippen molar-refractivity contribution in [1.82, 2.24) is 24.3 Å². The highest BCUT2D eigenvalue weighted by molar-refractivity contribution is 7.09. The number of piperidine rings is 1. The molecule has 2 aromatic heterocycles. The topological polar surface area (TPSA) is 112 Å². The van der Waals surface area contributed by atoms with Crippen molar-refractivity contribution in [1.29, 1.82) is 0 Å². The predicted octanol–water partition coefficient (Wildman–Crippen LogP) is 4.85. The van der Waals surface area contributed by atoms with Crippen molar-refractivity contribution in [3.63, 3.8) is 0 Å². The first-order chi connectivity index (χ1) is 19.5. The van der Waals surface area contributed by atoms with Crippen LogP contribution in [0, 0.1) is 5.82 Å². The fourth-order valence-electron chi connectivity index (χ4n) is 4.70. The van der Waals surface area contributed by atoms with E-state index in [1.54, 1.807) is 23.5 Å². The number of hydrogen-bond acceptors (Lipinski definition) is 7. The molecule has 0 bridgehead atoms. The van der Waals surface area contributed by atoms with E-state index < -0.39 is 24.3 Å². The Bertz CT molecular complexity index is 1330. The van der Waals surface area contributed by atoms with Crippen LogP contribution >= 0.6 is 11.3 Å². The first-order valence-electron chi connectivity index (χ1n) is 12.3. The van der Waals surface area contributed by atoms with Crippen LogP contribution in [0.1, 0.15) is 23.7 Å². The highest BCUT2D eigenvalue weighted by Crippen LogP contribution is 2.41. The molecule has 1 aromatic carbocycles. The number of hydrogen-bond donors (Lipinski definition) is 2. The van der Waals surface area contributed by atoms with Crippen LogP contribution in [0.25, 0.3) is 11.3 Å². The molecule has 17 heteroatoms. The number of fused-ring (bicyclic) bond motifs is 2. The number of imidazole rings is 1. The molecule has 2 N–H and O–H groups in total. The van der Waals surface area contributed by atoms with Crippen LogP contribution in [0.15, 0.2) is 42.0 Å². The van der Waals surface area contributed by atoms with Crippen LogP contribution in [0.3, 0.4) is 0 Å². The summed E-state index contributed by atoms with van der Waals surface area (Å²) in [6.45, 7) is 4.87. The van der Waals surface area contributed by atoms with E-state index in [0.29, 0.717) is 0 Å². The van der Waals surface area contributed by atoms with Gasteiger partial charge in [0, 0.05) is 43.3 Å². The lowest BCUT2D eigenvalue weighted by Gasteiger charge is -2.49. The van der Waals surface area contributed by atoms with Crippen molar-refractivity contribution >= 4 is 23.3 Å². The molecular formula is C25H26F7N5O4S. The van der Waals surface area contributed by atoms with Gasteiger partial charge in [0.1, 0.15) is 16.6 Å². The van der Waals surface area contributed by atoms with Crippen molar-refractivity contribution in [3.8, 4) is 11.3 Å². The number of likely N-dealkylation sites (N-methyl/N-ethyl adjacent to an activating group) is 1. The predicted molar refractivity (Wildman–Crippen MR) is 136 cm³/mol. The van der Waals surface area contributed by atoms with Gasteiger partial charge in [-0.25, -0.2) is 23.9 Å². The summed E-state index contributed by atoms with van der Waals surface area (Å²) in [5.74, 6) is -4.58. The summed E-state index contributed by atoms with van der Waals surface area (Å²) in [6.07, 6.45) is -4.26. The van der Waals surface area contributed by atoms with Gasteiger partial charge in [-0.3, -0.25) is 9.80 Å². The SMILES string of the molecule is CN1CCn2c(-c3cccc(F)c3)cnc2C12CCN(Cc1nccs1)CC2.O=C(O)C(F)(F)F.O=C(O)C(F)(F)F. The van der Waals surface area contributed by atoms with E-state index in [9.17, 15) is 30.7 Å². The van der Waals surface area contributed by atoms with Crippen molar-refractivity contribution in [2.45, 2.75) is 43.8 Å². The maximum absolute atomic E-state index is 13.8. The van der Waals surface area contributed by atoms with E-state index in [1.165, 1.54) is 11.1 Å². The standard InChI is InChI=1S/C21H24FN5S.2C2HF3O2/c1-25-10-11-27-18(16-3-2-4-17(22)13-16)14-24-20(27)21(25)5-8-26(9-6-21)15-19-23-7-12-28-19;2*3-2(4,5)1(6)7/h2-4,7,12-14H,5-6,8-11,15H2,1H3;2*(H,6,7). The second-order valence-corrected chi connectivity index (χ2v) is 10.4. The Kier molecular flexibility index (Phi) is 10.3. The molecule has 0 unspecified atom stereocenters. The number of likely N-dealkylation sites (tertiary alicyclic amines) is 1. The molecule has 0 radical (unpaired) electrons. The molecule has 3 aromatic rings. The van der Waals surface area contributed by atoms with Gasteiger partial charge in [-0.1, -0.05) is 12.1 Å². The Morgan fingerprint density at radius 1 is 0.976 bits per heavy atom. The summed E-state index contributed by atoms with van der Waals surface area (Å²) in [7, 11) is 2.22. The van der Waals surface area contributed by atoms with Crippen LogP contribution in [-0.2, 0) is 28.2 Å². The number of carboxylic acids is 2. The molecular weight excluding hydrogens is 599 g/mol. The Labute approximate surface area is 238 Å². The van der Waals surface area contributed by atoms with Crippen molar-refractivity contribution in [2.75, 3.05) is 26.7 Å². The van der Waals surface area contributed by atoms with Gasteiger partial charge in [-0.05, 0) is 32.0 Å². The molecule has 9 nitrogen and oxygen atoms in total. The first-order valence-corrected chi connectivity index (χ1v) is 13.2. The fraction of sp³-hybridized carbons (Fsp3) is 0.440. The van der Waals surface area contributed by atoms with Gasteiger partial charge in [0.25, 0.3) is 0 Å². The van der Waals surface area contributed by atoms with Crippen LogP contribution in [0.4, 0.5) is 30.7 Å². The molecule has 0 saturated carbocycles. The van der Waals surface area contributed by atoms with Gasteiger partial charge in [0.2, 0.25) is 0 Å². The van der Waals surface area contributed by atoms with E-state index >= 15 is 0 Å². The molecule has 0 aliphatic carbocycles. The van der Waals surface area contributed by atoms with Gasteiger partial charge < -0.3 is 14.8 Å². The summed E-state index contributed by atoms with van der Waals surface area (Å²) in [5, 5.41) is 17.5. The zero-order valence-electron chi connectivity index (χ0n) is 22.0. The number of alkyl halides is 6. The molecule has 2 aliphatic heterocycles. The van der Waals surface area contributed by atoms with Crippen molar-refractivity contribution in [2.24, 2.45) is 0 Å². The molecule has 4 heterocycles. The molecule has 0 atom stereocenters. The smallest absolute Gasteiger partial charge is 0.475 e. The maximum Gasteiger partial charge on any atom is 0.490 e. The van der Waals surface area contributed by atoms with Gasteiger partial charge >= 0.3 is 24.3 Å². The average Bonchev–Trinajstić information content (AvgIpc) is 3.58. The van der Waals surface area contributed by atoms with E-state index in [1.807, 2.05) is 23.8 Å². The monoisotopic (exact) mass is 625 g/mol. The summed E-state index contributed by atoms with van der Waals surface area (Å²) >= 11 is 1.72. The molecule has 2 aliphatic rings. The number of nitrogens with zero attached hydrogens (tertiary/aromatic N) is 5. The lowest BCUT2D eigenvalue weighted by Crippen LogP contribution is -2.56. The van der Waals surface area contributed by atoms with Gasteiger partial charge in [0.15, 0.2) is 0 Å². The Morgan fingerprint density at radius 3 is 2.07 bits per heavy atom. The lowest BCUT2D eigenvalue weighted by molar-refractivity contribution is -0.193. The summed E-state index contributed by atoms with van der Waals surface area (Å²) in [5.41, 5.74) is 1.88. The summed E-state index contributed by atoms with van der Waals surface area (Å²) < 4.78 is 79.5. The first kappa shape index (κ1) is 32.9. The van der Waals surface area contributed by atoms with Crippen LogP contribution in [0.5, 0.6) is 0 Å². The molecule has 230 valence electrons. The third-order valence-corrected chi connectivity index (χ3v) is 7.56. The minimum atomic E-state index is -5.08. The van der Waals surface area contributed by atoms with Crippen LogP contribution in [0.2, 0.25) is 0 Å². The third-order valence-electron chi connectivity index (χ3n) is 6.79. The molecule has 0 amide bonds. The van der Waals surface area contributed by atoms with Crippen molar-refractivity contribution < 1.29 is 50.5 Å². The molecule has 5 rings (SSSR count). The largest absolute Gasteiger partial charge is 0.490 e. The van der Waals surface area contributed by atoms with E-state index in [4.69, 9.17) is 24.8 Å². The number of rotatable bonds is 3. The molecule has 1 fully saturated rings. The molecule has 1 spiro atoms. The summed E-state index contributed by atoms with van der Waals surface area (Å²) in [6, 6.07) is 6.83.